The molecule has 0 atom stereocenters. The maximum Gasteiger partial charge on any atom is 0.242 e. The fourth-order valence-corrected chi connectivity index (χ4v) is 2.44. The number of nitrogens with zero attached hydrogens (tertiary/aromatic N) is 2. The zero-order valence-corrected chi connectivity index (χ0v) is 12.5. The van der Waals surface area contributed by atoms with Gasteiger partial charge in [0.15, 0.2) is 0 Å². The number of carbonyl (C=O) groups excluding carboxylic acids is 1. The maximum atomic E-state index is 12.2. The van der Waals surface area contributed by atoms with Crippen molar-refractivity contribution >= 4 is 24.0 Å². The predicted octanol–water partition coefficient (Wildman–Crippen LogP) is 1.74. The van der Waals surface area contributed by atoms with Gasteiger partial charge in [0, 0.05) is 32.4 Å². The minimum atomic E-state index is -0.447. The summed E-state index contributed by atoms with van der Waals surface area (Å²) in [5, 5.41) is 0. The van der Waals surface area contributed by atoms with Crippen LogP contribution in [0.5, 0.6) is 0 Å². The van der Waals surface area contributed by atoms with Gasteiger partial charge in [0.25, 0.3) is 0 Å². The summed E-state index contributed by atoms with van der Waals surface area (Å²) >= 11 is 0. The third kappa shape index (κ3) is 3.19. The first-order valence-electron chi connectivity index (χ1n) is 6.26. The summed E-state index contributed by atoms with van der Waals surface area (Å²) in [6.45, 7) is 6.40. The third-order valence-corrected chi connectivity index (χ3v) is 3.69. The van der Waals surface area contributed by atoms with E-state index in [2.05, 4.69) is 11.0 Å². The van der Waals surface area contributed by atoms with Crippen LogP contribution in [0, 0.1) is 0 Å². The molecule has 2 rings (SSSR count). The molecule has 1 heterocycles. The molecule has 106 valence electrons. The van der Waals surface area contributed by atoms with Crippen molar-refractivity contribution < 1.29 is 4.79 Å². The Morgan fingerprint density at radius 1 is 1.32 bits per heavy atom. The van der Waals surface area contributed by atoms with Crippen LogP contribution in [-0.4, -0.2) is 41.4 Å². The van der Waals surface area contributed by atoms with Gasteiger partial charge in [-0.15, -0.1) is 12.4 Å². The van der Waals surface area contributed by atoms with Crippen LogP contribution in [0.15, 0.2) is 24.3 Å². The van der Waals surface area contributed by atoms with E-state index in [-0.39, 0.29) is 18.3 Å². The fraction of sp³-hybridized carbons (Fsp3) is 0.500. The second-order valence-corrected chi connectivity index (χ2v) is 5.45. The zero-order valence-electron chi connectivity index (χ0n) is 11.7. The van der Waals surface area contributed by atoms with E-state index < -0.39 is 5.54 Å². The summed E-state index contributed by atoms with van der Waals surface area (Å²) in [4.78, 5) is 16.2. The van der Waals surface area contributed by atoms with E-state index in [4.69, 9.17) is 5.73 Å². The molecule has 1 fully saturated rings. The number of hydrogen-bond acceptors (Lipinski definition) is 3. The zero-order chi connectivity index (χ0) is 13.3. The molecule has 1 aromatic carbocycles. The van der Waals surface area contributed by atoms with Crippen LogP contribution in [0.4, 0.5) is 5.69 Å². The molecule has 1 saturated heterocycles. The smallest absolute Gasteiger partial charge is 0.242 e. The Labute approximate surface area is 121 Å². The topological polar surface area (TPSA) is 49.6 Å². The van der Waals surface area contributed by atoms with Crippen molar-refractivity contribution in [1.82, 2.24) is 9.80 Å². The molecule has 0 spiro atoms. The van der Waals surface area contributed by atoms with Crippen LogP contribution in [0.2, 0.25) is 0 Å². The van der Waals surface area contributed by atoms with E-state index in [1.165, 1.54) is 0 Å². The summed E-state index contributed by atoms with van der Waals surface area (Å²) in [6, 6.07) is 7.85. The van der Waals surface area contributed by atoms with Crippen LogP contribution in [0.25, 0.3) is 0 Å². The average Bonchev–Trinajstić information content (AvgIpc) is 2.31. The molecule has 19 heavy (non-hydrogen) atoms. The first-order valence-corrected chi connectivity index (χ1v) is 6.26. The van der Waals surface area contributed by atoms with E-state index in [0.717, 1.165) is 30.9 Å². The first-order chi connectivity index (χ1) is 8.41. The van der Waals surface area contributed by atoms with Crippen LogP contribution < -0.4 is 5.73 Å². The highest BCUT2D eigenvalue weighted by atomic mass is 35.5. The predicted molar refractivity (Wildman–Crippen MR) is 80.2 cm³/mol. The second-order valence-electron chi connectivity index (χ2n) is 5.45. The second kappa shape index (κ2) is 5.80. The molecular formula is C14H22ClN3O. The number of rotatable bonds is 2. The third-order valence-electron chi connectivity index (χ3n) is 3.69. The largest absolute Gasteiger partial charge is 0.399 e. The Kier molecular flexibility index (Phi) is 4.82. The van der Waals surface area contributed by atoms with Gasteiger partial charge >= 0.3 is 0 Å². The van der Waals surface area contributed by atoms with Gasteiger partial charge in [-0.3, -0.25) is 9.69 Å². The molecule has 2 N–H and O–H groups in total. The van der Waals surface area contributed by atoms with Gasteiger partial charge in [-0.05, 0) is 31.5 Å². The van der Waals surface area contributed by atoms with Gasteiger partial charge in [0.1, 0.15) is 0 Å². The molecule has 1 amide bonds. The monoisotopic (exact) mass is 283 g/mol. The Bertz CT molecular complexity index is 462. The van der Waals surface area contributed by atoms with Gasteiger partial charge in [-0.25, -0.2) is 0 Å². The lowest BCUT2D eigenvalue weighted by atomic mass is 9.97. The molecule has 1 aliphatic rings. The Balaban J connectivity index is 0.00000180. The molecule has 0 saturated carbocycles. The minimum absolute atomic E-state index is 0. The average molecular weight is 284 g/mol. The lowest BCUT2D eigenvalue weighted by Crippen LogP contribution is -2.61. The highest BCUT2D eigenvalue weighted by molar-refractivity contribution is 5.86. The van der Waals surface area contributed by atoms with Crippen molar-refractivity contribution in [3.63, 3.8) is 0 Å². The Hall–Kier alpha value is -1.26. The molecule has 4 nitrogen and oxygen atoms in total. The normalized spacial score (nSPS) is 19.1. The molecule has 0 unspecified atom stereocenters. The number of nitrogen functional groups attached to an aromatic ring is 1. The Morgan fingerprint density at radius 2 is 2.00 bits per heavy atom. The molecule has 5 heteroatoms. The van der Waals surface area contributed by atoms with Crippen molar-refractivity contribution in [1.29, 1.82) is 0 Å². The molecule has 0 aliphatic carbocycles. The van der Waals surface area contributed by atoms with Crippen molar-refractivity contribution in [2.24, 2.45) is 0 Å². The fourth-order valence-electron chi connectivity index (χ4n) is 2.44. The molecule has 0 radical (unpaired) electrons. The highest BCUT2D eigenvalue weighted by Gasteiger charge is 2.40. The standard InChI is InChI=1S/C14H21N3O.ClH/c1-14(2)13(18)16(3)7-8-17(14)10-11-5-4-6-12(15)9-11;/h4-6,9H,7-8,10,15H2,1-3H3;1H. The highest BCUT2D eigenvalue weighted by Crippen LogP contribution is 2.24. The van der Waals surface area contributed by atoms with Gasteiger partial charge in [0.2, 0.25) is 5.91 Å². The van der Waals surface area contributed by atoms with E-state index in [1.807, 2.05) is 39.1 Å². The summed E-state index contributed by atoms with van der Waals surface area (Å²) in [5.74, 6) is 0.178. The van der Waals surface area contributed by atoms with Crippen LogP contribution in [0.3, 0.4) is 0 Å². The number of halogens is 1. The van der Waals surface area contributed by atoms with Crippen LogP contribution in [-0.2, 0) is 11.3 Å². The number of carbonyl (C=O) groups is 1. The number of benzene rings is 1. The number of piperazine rings is 1. The molecular weight excluding hydrogens is 262 g/mol. The maximum absolute atomic E-state index is 12.2. The van der Waals surface area contributed by atoms with Crippen molar-refractivity contribution in [3.8, 4) is 0 Å². The van der Waals surface area contributed by atoms with Crippen molar-refractivity contribution in [3.05, 3.63) is 29.8 Å². The lowest BCUT2D eigenvalue weighted by Gasteiger charge is -2.44. The lowest BCUT2D eigenvalue weighted by molar-refractivity contribution is -0.147. The summed E-state index contributed by atoms with van der Waals surface area (Å²) in [6.07, 6.45) is 0. The summed E-state index contributed by atoms with van der Waals surface area (Å²) in [7, 11) is 1.86. The summed E-state index contributed by atoms with van der Waals surface area (Å²) < 4.78 is 0. The van der Waals surface area contributed by atoms with Gasteiger partial charge in [0.05, 0.1) is 5.54 Å². The number of likely N-dealkylation sites (N-methyl/N-ethyl adjacent to an activating group) is 1. The molecule has 1 aromatic rings. The Morgan fingerprint density at radius 3 is 2.63 bits per heavy atom. The number of hydrogen-bond donors (Lipinski definition) is 1. The molecule has 1 aliphatic heterocycles. The van der Waals surface area contributed by atoms with E-state index in [9.17, 15) is 4.79 Å². The van der Waals surface area contributed by atoms with E-state index >= 15 is 0 Å². The summed E-state index contributed by atoms with van der Waals surface area (Å²) in [5.41, 5.74) is 7.26. The minimum Gasteiger partial charge on any atom is -0.399 e. The van der Waals surface area contributed by atoms with Crippen LogP contribution >= 0.6 is 12.4 Å². The van der Waals surface area contributed by atoms with Gasteiger partial charge in [-0.2, -0.15) is 0 Å². The van der Waals surface area contributed by atoms with Crippen molar-refractivity contribution in [2.75, 3.05) is 25.9 Å². The van der Waals surface area contributed by atoms with E-state index in [1.54, 1.807) is 4.90 Å². The van der Waals surface area contributed by atoms with Crippen molar-refractivity contribution in [2.45, 2.75) is 25.9 Å². The van der Waals surface area contributed by atoms with E-state index in [0.29, 0.717) is 0 Å². The van der Waals surface area contributed by atoms with Gasteiger partial charge in [-0.1, -0.05) is 12.1 Å². The number of anilines is 1. The first kappa shape index (κ1) is 15.8. The van der Waals surface area contributed by atoms with Gasteiger partial charge < -0.3 is 10.6 Å². The van der Waals surface area contributed by atoms with Crippen LogP contribution in [0.1, 0.15) is 19.4 Å². The molecule has 0 bridgehead atoms. The number of amides is 1. The molecule has 0 aromatic heterocycles. The SMILES string of the molecule is CN1CCN(Cc2cccc(N)c2)C(C)(C)C1=O.Cl. The number of nitrogens with two attached hydrogens (primary N) is 1. The quantitative estimate of drug-likeness (QED) is 0.841.